The Balaban J connectivity index is 1.94. The number of rotatable bonds is 6. The van der Waals surface area contributed by atoms with Gasteiger partial charge in [0, 0.05) is 11.6 Å². The first kappa shape index (κ1) is 19.2. The summed E-state index contributed by atoms with van der Waals surface area (Å²) in [6, 6.07) is 10.0. The first-order valence-electron chi connectivity index (χ1n) is 8.54. The lowest BCUT2D eigenvalue weighted by atomic mass is 10.1. The van der Waals surface area contributed by atoms with E-state index < -0.39 is 11.6 Å². The van der Waals surface area contributed by atoms with Crippen molar-refractivity contribution in [2.75, 3.05) is 5.75 Å². The molecular formula is C20H18F2N2O2S. The molecule has 0 spiro atoms. The number of hydrogen-bond donors (Lipinski definition) is 0. The lowest BCUT2D eigenvalue weighted by Gasteiger charge is -2.18. The van der Waals surface area contributed by atoms with Gasteiger partial charge in [-0.3, -0.25) is 14.2 Å². The molecule has 0 aliphatic rings. The molecule has 0 unspecified atom stereocenters. The van der Waals surface area contributed by atoms with Crippen LogP contribution in [0.25, 0.3) is 10.9 Å². The maximum absolute atomic E-state index is 13.4. The van der Waals surface area contributed by atoms with Crippen LogP contribution in [0.1, 0.15) is 36.7 Å². The molecular weight excluding hydrogens is 370 g/mol. The van der Waals surface area contributed by atoms with Gasteiger partial charge in [-0.15, -0.1) is 0 Å². The SMILES string of the molecule is CC[C@H](C)n1c(SCC(=O)c2ccc(F)c(F)c2)nc2ccccc2c1=O. The summed E-state index contributed by atoms with van der Waals surface area (Å²) in [7, 11) is 0. The molecule has 3 rings (SSSR count). The predicted molar refractivity (Wildman–Crippen MR) is 102 cm³/mol. The highest BCUT2D eigenvalue weighted by Gasteiger charge is 2.17. The number of Topliss-reactive ketones (excluding diaryl/α,β-unsaturated/α-hetero) is 1. The Morgan fingerprint density at radius 1 is 1.19 bits per heavy atom. The zero-order valence-corrected chi connectivity index (χ0v) is 15.7. The lowest BCUT2D eigenvalue weighted by molar-refractivity contribution is 0.102. The molecule has 7 heteroatoms. The van der Waals surface area contributed by atoms with Gasteiger partial charge in [0.05, 0.1) is 16.7 Å². The number of hydrogen-bond acceptors (Lipinski definition) is 4. The Labute approximate surface area is 159 Å². The summed E-state index contributed by atoms with van der Waals surface area (Å²) in [6.07, 6.45) is 0.727. The fourth-order valence-corrected chi connectivity index (χ4v) is 3.67. The molecule has 0 bridgehead atoms. The number of thioether (sulfide) groups is 1. The van der Waals surface area contributed by atoms with Crippen molar-refractivity contribution in [1.82, 2.24) is 9.55 Å². The molecule has 0 radical (unpaired) electrons. The summed E-state index contributed by atoms with van der Waals surface area (Å²) < 4.78 is 28.0. The Bertz CT molecular complexity index is 1070. The third-order valence-corrected chi connectivity index (χ3v) is 5.33. The second-order valence-electron chi connectivity index (χ2n) is 6.18. The van der Waals surface area contributed by atoms with E-state index >= 15 is 0 Å². The third kappa shape index (κ3) is 3.93. The Morgan fingerprint density at radius 2 is 1.93 bits per heavy atom. The first-order chi connectivity index (χ1) is 12.9. The number of carbonyl (C=O) groups excluding carboxylic acids is 1. The van der Waals surface area contributed by atoms with E-state index in [2.05, 4.69) is 4.98 Å². The summed E-state index contributed by atoms with van der Waals surface area (Å²) in [5.74, 6) is -2.46. The number of halogens is 2. The zero-order valence-electron chi connectivity index (χ0n) is 14.9. The molecule has 0 aliphatic heterocycles. The number of para-hydroxylation sites is 1. The van der Waals surface area contributed by atoms with Gasteiger partial charge in [0.15, 0.2) is 22.6 Å². The standard InChI is InChI=1S/C20H18F2N2O2S/c1-3-12(2)24-19(26)14-6-4-5-7-17(14)23-20(24)27-11-18(25)13-8-9-15(21)16(22)10-13/h4-10,12H,3,11H2,1-2H3/t12-/m0/s1. The molecule has 0 N–H and O–H groups in total. The fourth-order valence-electron chi connectivity index (χ4n) is 2.68. The van der Waals surface area contributed by atoms with Crippen LogP contribution in [-0.4, -0.2) is 21.1 Å². The van der Waals surface area contributed by atoms with Crippen LogP contribution in [0.4, 0.5) is 8.78 Å². The van der Waals surface area contributed by atoms with Gasteiger partial charge < -0.3 is 0 Å². The number of benzene rings is 2. The number of nitrogens with zero attached hydrogens (tertiary/aromatic N) is 2. The van der Waals surface area contributed by atoms with Crippen molar-refractivity contribution in [3.05, 3.63) is 70.0 Å². The van der Waals surface area contributed by atoms with Crippen molar-refractivity contribution in [2.24, 2.45) is 0 Å². The van der Waals surface area contributed by atoms with Gasteiger partial charge in [-0.1, -0.05) is 30.8 Å². The molecule has 1 aromatic heterocycles. The van der Waals surface area contributed by atoms with Crippen LogP contribution in [0.2, 0.25) is 0 Å². The van der Waals surface area contributed by atoms with Crippen LogP contribution < -0.4 is 5.56 Å². The summed E-state index contributed by atoms with van der Waals surface area (Å²) in [5.41, 5.74) is 0.488. The minimum atomic E-state index is -1.06. The Kier molecular flexibility index (Phi) is 5.70. The molecule has 0 saturated carbocycles. The number of ketones is 1. The van der Waals surface area contributed by atoms with Gasteiger partial charge in [0.25, 0.3) is 5.56 Å². The zero-order chi connectivity index (χ0) is 19.6. The smallest absolute Gasteiger partial charge is 0.262 e. The highest BCUT2D eigenvalue weighted by molar-refractivity contribution is 7.99. The predicted octanol–water partition coefficient (Wildman–Crippen LogP) is 4.62. The number of fused-ring (bicyclic) bond motifs is 1. The van der Waals surface area contributed by atoms with E-state index in [9.17, 15) is 18.4 Å². The van der Waals surface area contributed by atoms with Gasteiger partial charge in [-0.05, 0) is 43.7 Å². The highest BCUT2D eigenvalue weighted by atomic mass is 32.2. The molecule has 1 heterocycles. The molecule has 4 nitrogen and oxygen atoms in total. The van der Waals surface area contributed by atoms with E-state index in [-0.39, 0.29) is 28.7 Å². The van der Waals surface area contributed by atoms with Crippen molar-refractivity contribution >= 4 is 28.4 Å². The van der Waals surface area contributed by atoms with Gasteiger partial charge in [-0.2, -0.15) is 0 Å². The second-order valence-corrected chi connectivity index (χ2v) is 7.13. The van der Waals surface area contributed by atoms with Gasteiger partial charge in [0.2, 0.25) is 0 Å². The molecule has 0 aliphatic carbocycles. The van der Waals surface area contributed by atoms with Crippen molar-refractivity contribution in [2.45, 2.75) is 31.5 Å². The average Bonchev–Trinajstić information content (AvgIpc) is 2.67. The third-order valence-electron chi connectivity index (χ3n) is 4.38. The highest BCUT2D eigenvalue weighted by Crippen LogP contribution is 2.23. The van der Waals surface area contributed by atoms with Gasteiger partial charge in [-0.25, -0.2) is 13.8 Å². The van der Waals surface area contributed by atoms with E-state index in [1.807, 2.05) is 13.8 Å². The normalized spacial score (nSPS) is 12.3. The van der Waals surface area contributed by atoms with Crippen LogP contribution >= 0.6 is 11.8 Å². The summed E-state index contributed by atoms with van der Waals surface area (Å²) in [4.78, 5) is 29.8. The molecule has 0 saturated heterocycles. The van der Waals surface area contributed by atoms with Crippen molar-refractivity contribution < 1.29 is 13.6 Å². The second kappa shape index (κ2) is 8.00. The Hall–Kier alpha value is -2.54. The van der Waals surface area contributed by atoms with E-state index in [1.165, 1.54) is 6.07 Å². The maximum Gasteiger partial charge on any atom is 0.262 e. The van der Waals surface area contributed by atoms with E-state index in [0.29, 0.717) is 16.1 Å². The van der Waals surface area contributed by atoms with Crippen LogP contribution in [0.15, 0.2) is 52.4 Å². The van der Waals surface area contributed by atoms with E-state index in [0.717, 1.165) is 30.3 Å². The summed E-state index contributed by atoms with van der Waals surface area (Å²) >= 11 is 1.12. The quantitative estimate of drug-likeness (QED) is 0.351. The van der Waals surface area contributed by atoms with Crippen molar-refractivity contribution in [3.8, 4) is 0 Å². The van der Waals surface area contributed by atoms with Crippen LogP contribution in [0.5, 0.6) is 0 Å². The number of carbonyl (C=O) groups is 1. The topological polar surface area (TPSA) is 52.0 Å². The number of aromatic nitrogens is 2. The Morgan fingerprint density at radius 3 is 2.63 bits per heavy atom. The molecule has 0 fully saturated rings. The molecule has 0 amide bonds. The summed E-state index contributed by atoms with van der Waals surface area (Å²) in [5, 5.41) is 0.957. The van der Waals surface area contributed by atoms with Crippen molar-refractivity contribution in [1.29, 1.82) is 0 Å². The first-order valence-corrected chi connectivity index (χ1v) is 9.53. The molecule has 3 aromatic rings. The van der Waals surface area contributed by atoms with Gasteiger partial charge >= 0.3 is 0 Å². The summed E-state index contributed by atoms with van der Waals surface area (Å²) in [6.45, 7) is 3.88. The fraction of sp³-hybridized carbons (Fsp3) is 0.250. The minimum absolute atomic E-state index is 0.0354. The van der Waals surface area contributed by atoms with Crippen LogP contribution in [0, 0.1) is 11.6 Å². The van der Waals surface area contributed by atoms with Gasteiger partial charge in [0.1, 0.15) is 0 Å². The lowest BCUT2D eigenvalue weighted by Crippen LogP contribution is -2.26. The average molecular weight is 388 g/mol. The minimum Gasteiger partial charge on any atom is -0.293 e. The molecule has 27 heavy (non-hydrogen) atoms. The maximum atomic E-state index is 13.4. The molecule has 1 atom stereocenters. The molecule has 2 aromatic carbocycles. The molecule has 140 valence electrons. The van der Waals surface area contributed by atoms with Crippen LogP contribution in [-0.2, 0) is 0 Å². The van der Waals surface area contributed by atoms with Crippen molar-refractivity contribution in [3.63, 3.8) is 0 Å². The van der Waals surface area contributed by atoms with E-state index in [1.54, 1.807) is 28.8 Å². The van der Waals surface area contributed by atoms with Crippen LogP contribution in [0.3, 0.4) is 0 Å². The van der Waals surface area contributed by atoms with E-state index in [4.69, 9.17) is 0 Å². The monoisotopic (exact) mass is 388 g/mol. The largest absolute Gasteiger partial charge is 0.293 e.